The van der Waals surface area contributed by atoms with Gasteiger partial charge in [-0.25, -0.2) is 4.79 Å². The molecule has 6 nitrogen and oxygen atoms in total. The molecule has 0 amide bonds. The maximum atomic E-state index is 13.1. The number of hydrogen-bond acceptors (Lipinski definition) is 6. The highest BCUT2D eigenvalue weighted by molar-refractivity contribution is 6.31. The molecule has 0 bridgehead atoms. The van der Waals surface area contributed by atoms with E-state index in [-0.39, 0.29) is 12.1 Å². The van der Waals surface area contributed by atoms with Crippen LogP contribution in [0.5, 0.6) is 0 Å². The van der Waals surface area contributed by atoms with Gasteiger partial charge in [0, 0.05) is 60.7 Å². The van der Waals surface area contributed by atoms with Crippen LogP contribution < -0.4 is 10.2 Å². The van der Waals surface area contributed by atoms with Crippen molar-refractivity contribution in [3.63, 3.8) is 0 Å². The highest BCUT2D eigenvalue weighted by Crippen LogP contribution is 2.34. The van der Waals surface area contributed by atoms with E-state index in [1.165, 1.54) is 12.3 Å². The van der Waals surface area contributed by atoms with Crippen molar-refractivity contribution >= 4 is 45.5 Å². The zero-order valence-corrected chi connectivity index (χ0v) is 22.6. The van der Waals surface area contributed by atoms with E-state index in [1.54, 1.807) is 30.3 Å². The summed E-state index contributed by atoms with van der Waals surface area (Å²) in [5.41, 5.74) is 3.01. The summed E-state index contributed by atoms with van der Waals surface area (Å²) >= 11 is 6.28. The van der Waals surface area contributed by atoms with Crippen LogP contribution in [0.3, 0.4) is 0 Å². The number of ether oxygens (including phenoxy) is 1. The summed E-state index contributed by atoms with van der Waals surface area (Å²) in [7, 11) is 0. The summed E-state index contributed by atoms with van der Waals surface area (Å²) < 4.78 is 45.0. The van der Waals surface area contributed by atoms with E-state index in [0.717, 1.165) is 54.6 Å². The molecule has 5 rings (SSSR count). The molecule has 3 aromatic carbocycles. The molecule has 1 saturated heterocycles. The number of fused-ring (bicyclic) bond motifs is 1. The van der Waals surface area contributed by atoms with E-state index in [0.29, 0.717) is 28.9 Å². The Morgan fingerprint density at radius 3 is 2.55 bits per heavy atom. The highest BCUT2D eigenvalue weighted by Gasteiger charge is 2.30. The van der Waals surface area contributed by atoms with Crippen LogP contribution in [0.25, 0.3) is 10.9 Å². The fraction of sp³-hybridized carbons (Fsp3) is 0.267. The SMILES string of the molecule is Cc1c(Cl)cccc1N1CCN(CCOC(=O)c2ccccc2Nc2ccnc3cc(C(F)(F)F)ccc23)CC1. The lowest BCUT2D eigenvalue weighted by molar-refractivity contribution is -0.137. The van der Waals surface area contributed by atoms with Crippen LogP contribution in [-0.4, -0.2) is 55.2 Å². The summed E-state index contributed by atoms with van der Waals surface area (Å²) in [6, 6.07) is 17.9. The van der Waals surface area contributed by atoms with Crippen LogP contribution in [0.4, 0.5) is 30.2 Å². The van der Waals surface area contributed by atoms with Gasteiger partial charge in [-0.1, -0.05) is 35.9 Å². The number of pyridine rings is 1. The van der Waals surface area contributed by atoms with Crippen LogP contribution >= 0.6 is 11.6 Å². The minimum atomic E-state index is -4.46. The van der Waals surface area contributed by atoms with Gasteiger partial charge in [-0.2, -0.15) is 13.2 Å². The van der Waals surface area contributed by atoms with Crippen LogP contribution in [-0.2, 0) is 10.9 Å². The quantitative estimate of drug-likeness (QED) is 0.244. The first-order valence-electron chi connectivity index (χ1n) is 12.9. The molecule has 10 heteroatoms. The zero-order valence-electron chi connectivity index (χ0n) is 21.8. The largest absolute Gasteiger partial charge is 0.461 e. The molecule has 1 fully saturated rings. The van der Waals surface area contributed by atoms with Gasteiger partial charge in [-0.15, -0.1) is 0 Å². The number of esters is 1. The topological polar surface area (TPSA) is 57.7 Å². The summed E-state index contributed by atoms with van der Waals surface area (Å²) in [4.78, 5) is 21.6. The fourth-order valence-corrected chi connectivity index (χ4v) is 5.01. The van der Waals surface area contributed by atoms with Crippen molar-refractivity contribution in [2.75, 3.05) is 49.5 Å². The van der Waals surface area contributed by atoms with Crippen molar-refractivity contribution in [1.82, 2.24) is 9.88 Å². The Balaban J connectivity index is 1.19. The van der Waals surface area contributed by atoms with Gasteiger partial charge in [0.1, 0.15) is 6.61 Å². The zero-order chi connectivity index (χ0) is 28.3. The van der Waals surface area contributed by atoms with Gasteiger partial charge in [-0.05, 0) is 55.0 Å². The summed E-state index contributed by atoms with van der Waals surface area (Å²) in [6.07, 6.45) is -3.03. The highest BCUT2D eigenvalue weighted by atomic mass is 35.5. The first-order valence-corrected chi connectivity index (χ1v) is 13.3. The molecule has 0 atom stereocenters. The third-order valence-electron chi connectivity index (χ3n) is 7.08. The molecule has 1 N–H and O–H groups in total. The number of benzene rings is 3. The van der Waals surface area contributed by atoms with E-state index in [2.05, 4.69) is 26.2 Å². The average molecular weight is 569 g/mol. The summed E-state index contributed by atoms with van der Waals surface area (Å²) in [6.45, 7) is 6.26. The Morgan fingerprint density at radius 2 is 1.77 bits per heavy atom. The van der Waals surface area contributed by atoms with Crippen LogP contribution in [0.15, 0.2) is 72.9 Å². The first-order chi connectivity index (χ1) is 19.2. The maximum absolute atomic E-state index is 13.1. The number of aromatic nitrogens is 1. The monoisotopic (exact) mass is 568 g/mol. The molecule has 4 aromatic rings. The molecule has 0 radical (unpaired) electrons. The number of nitrogens with zero attached hydrogens (tertiary/aromatic N) is 3. The maximum Gasteiger partial charge on any atom is 0.416 e. The van der Waals surface area contributed by atoms with Crippen molar-refractivity contribution in [3.8, 4) is 0 Å². The van der Waals surface area contributed by atoms with E-state index in [9.17, 15) is 18.0 Å². The Labute approximate surface area is 235 Å². The van der Waals surface area contributed by atoms with E-state index < -0.39 is 17.7 Å². The lowest BCUT2D eigenvalue weighted by Crippen LogP contribution is -2.47. The van der Waals surface area contributed by atoms with E-state index in [4.69, 9.17) is 16.3 Å². The Kier molecular flexibility index (Phi) is 8.14. The van der Waals surface area contributed by atoms with E-state index >= 15 is 0 Å². The second-order valence-corrected chi connectivity index (χ2v) is 10.0. The number of halogens is 4. The number of piperazine rings is 1. The normalized spacial score (nSPS) is 14.4. The van der Waals surface area contributed by atoms with Gasteiger partial charge in [0.2, 0.25) is 0 Å². The van der Waals surface area contributed by atoms with Crippen molar-refractivity contribution in [1.29, 1.82) is 0 Å². The molecule has 1 aromatic heterocycles. The van der Waals surface area contributed by atoms with Gasteiger partial charge in [0.05, 0.1) is 22.3 Å². The number of para-hydroxylation sites is 1. The van der Waals surface area contributed by atoms with Crippen LogP contribution in [0, 0.1) is 6.92 Å². The molecule has 0 aliphatic carbocycles. The Morgan fingerprint density at radius 1 is 1.00 bits per heavy atom. The lowest BCUT2D eigenvalue weighted by Gasteiger charge is -2.36. The Hall–Kier alpha value is -3.82. The number of carbonyl (C=O) groups is 1. The van der Waals surface area contributed by atoms with Crippen molar-refractivity contribution in [2.24, 2.45) is 0 Å². The minimum Gasteiger partial charge on any atom is -0.461 e. The molecule has 208 valence electrons. The molecule has 0 saturated carbocycles. The predicted molar refractivity (Wildman–Crippen MR) is 152 cm³/mol. The number of hydrogen-bond donors (Lipinski definition) is 1. The lowest BCUT2D eigenvalue weighted by atomic mass is 10.1. The van der Waals surface area contributed by atoms with Gasteiger partial charge in [0.25, 0.3) is 0 Å². The molecule has 2 heterocycles. The van der Waals surface area contributed by atoms with Crippen molar-refractivity contribution in [3.05, 3.63) is 94.6 Å². The average Bonchev–Trinajstić information content (AvgIpc) is 2.94. The predicted octanol–water partition coefficient (Wildman–Crippen LogP) is 6.94. The number of rotatable bonds is 7. The first kappa shape index (κ1) is 27.7. The fourth-order valence-electron chi connectivity index (χ4n) is 4.84. The van der Waals surface area contributed by atoms with Gasteiger partial charge in [0.15, 0.2) is 0 Å². The second kappa shape index (κ2) is 11.7. The van der Waals surface area contributed by atoms with E-state index in [1.807, 2.05) is 19.1 Å². The molecule has 1 aliphatic rings. The van der Waals surface area contributed by atoms with Gasteiger partial charge < -0.3 is 15.0 Å². The second-order valence-electron chi connectivity index (χ2n) is 9.61. The van der Waals surface area contributed by atoms with Crippen molar-refractivity contribution < 1.29 is 22.7 Å². The molecular weight excluding hydrogens is 541 g/mol. The van der Waals surface area contributed by atoms with Crippen LogP contribution in [0.2, 0.25) is 5.02 Å². The molecule has 40 heavy (non-hydrogen) atoms. The molecule has 1 aliphatic heterocycles. The van der Waals surface area contributed by atoms with Crippen LogP contribution in [0.1, 0.15) is 21.5 Å². The summed E-state index contributed by atoms with van der Waals surface area (Å²) in [5, 5.41) is 4.44. The summed E-state index contributed by atoms with van der Waals surface area (Å²) in [5.74, 6) is -0.478. The molecule has 0 unspecified atom stereocenters. The third-order valence-corrected chi connectivity index (χ3v) is 7.49. The molecule has 0 spiro atoms. The number of nitrogens with one attached hydrogen (secondary N) is 1. The van der Waals surface area contributed by atoms with Gasteiger partial charge >= 0.3 is 12.1 Å². The number of anilines is 3. The minimum absolute atomic E-state index is 0.200. The Bertz CT molecular complexity index is 1520. The number of carbonyl (C=O) groups excluding carboxylic acids is 1. The standard InChI is InChI=1S/C30H28ClF3N4O2/c1-20-24(31)6-4-8-28(20)38-15-13-37(14-16-38)17-18-40-29(39)23-5-2-3-7-25(23)36-26-11-12-35-27-19-21(30(32,33)34)9-10-22(26)27/h2-12,19H,13-18H2,1H3,(H,35,36). The van der Waals surface area contributed by atoms with Crippen molar-refractivity contribution in [2.45, 2.75) is 13.1 Å². The molecular formula is C30H28ClF3N4O2. The number of alkyl halides is 3. The van der Waals surface area contributed by atoms with Gasteiger partial charge in [-0.3, -0.25) is 9.88 Å². The third kappa shape index (κ3) is 6.16. The smallest absolute Gasteiger partial charge is 0.416 e.